The summed E-state index contributed by atoms with van der Waals surface area (Å²) in [6.45, 7) is 1.35. The highest BCUT2D eigenvalue weighted by molar-refractivity contribution is 5.73. The minimum absolute atomic E-state index is 0.214. The number of hydrogen-bond donors (Lipinski definition) is 2. The molecular formula is C21H24N4O3. The molecule has 0 spiro atoms. The van der Waals surface area contributed by atoms with Gasteiger partial charge in [0, 0.05) is 12.7 Å². The van der Waals surface area contributed by atoms with Gasteiger partial charge in [-0.15, -0.1) is 0 Å². The van der Waals surface area contributed by atoms with Crippen molar-refractivity contribution in [1.29, 1.82) is 0 Å². The Morgan fingerprint density at radius 3 is 2.46 bits per heavy atom. The molecule has 0 atom stereocenters. The fourth-order valence-electron chi connectivity index (χ4n) is 2.60. The Hall–Kier alpha value is -3.48. The van der Waals surface area contributed by atoms with Gasteiger partial charge >= 0.3 is 6.03 Å². The molecular weight excluding hydrogens is 356 g/mol. The average Bonchev–Trinajstić information content (AvgIpc) is 3.21. The number of carbonyl (C=O) groups is 1. The van der Waals surface area contributed by atoms with E-state index in [1.54, 1.807) is 7.11 Å². The summed E-state index contributed by atoms with van der Waals surface area (Å²) in [5.74, 6) is 1.51. The van der Waals surface area contributed by atoms with Crippen LogP contribution in [0.25, 0.3) is 5.69 Å². The van der Waals surface area contributed by atoms with Gasteiger partial charge in [-0.1, -0.05) is 18.2 Å². The highest BCUT2D eigenvalue weighted by Gasteiger charge is 2.03. The lowest BCUT2D eigenvalue weighted by atomic mass is 10.2. The Kier molecular flexibility index (Phi) is 6.89. The molecule has 0 radical (unpaired) electrons. The van der Waals surface area contributed by atoms with Gasteiger partial charge in [0.25, 0.3) is 0 Å². The van der Waals surface area contributed by atoms with Crippen molar-refractivity contribution in [1.82, 2.24) is 20.4 Å². The number of para-hydroxylation sites is 1. The SMILES string of the molecule is COc1ccc(OCCNC(=O)NCCc2cnn(-c3ccccc3)c2)cc1. The third-order valence-electron chi connectivity index (χ3n) is 4.07. The quantitative estimate of drug-likeness (QED) is 0.560. The Bertz CT molecular complexity index is 863. The molecule has 7 heteroatoms. The van der Waals surface area contributed by atoms with Gasteiger partial charge in [-0.25, -0.2) is 9.48 Å². The number of rotatable bonds is 9. The first kappa shape index (κ1) is 19.3. The summed E-state index contributed by atoms with van der Waals surface area (Å²) in [6.07, 6.45) is 4.50. The number of urea groups is 1. The molecule has 2 N–H and O–H groups in total. The molecule has 1 aromatic heterocycles. The van der Waals surface area contributed by atoms with E-state index < -0.39 is 0 Å². The number of ether oxygens (including phenoxy) is 2. The van der Waals surface area contributed by atoms with Gasteiger partial charge in [-0.05, 0) is 48.4 Å². The first-order valence-corrected chi connectivity index (χ1v) is 9.12. The number of benzene rings is 2. The second-order valence-electron chi connectivity index (χ2n) is 6.09. The van der Waals surface area contributed by atoms with Crippen molar-refractivity contribution in [3.05, 3.63) is 72.6 Å². The minimum atomic E-state index is -0.214. The maximum atomic E-state index is 11.8. The molecule has 7 nitrogen and oxygen atoms in total. The third-order valence-corrected chi connectivity index (χ3v) is 4.07. The van der Waals surface area contributed by atoms with E-state index in [1.165, 1.54) is 0 Å². The second-order valence-corrected chi connectivity index (χ2v) is 6.09. The Labute approximate surface area is 164 Å². The van der Waals surface area contributed by atoms with Crippen molar-refractivity contribution < 1.29 is 14.3 Å². The molecule has 146 valence electrons. The second kappa shape index (κ2) is 10.0. The maximum Gasteiger partial charge on any atom is 0.314 e. The van der Waals surface area contributed by atoms with E-state index in [4.69, 9.17) is 9.47 Å². The lowest BCUT2D eigenvalue weighted by molar-refractivity contribution is 0.236. The van der Waals surface area contributed by atoms with Gasteiger partial charge in [-0.3, -0.25) is 0 Å². The van der Waals surface area contributed by atoms with E-state index in [0.29, 0.717) is 26.1 Å². The molecule has 0 unspecified atom stereocenters. The molecule has 1 heterocycles. The third kappa shape index (κ3) is 5.77. The summed E-state index contributed by atoms with van der Waals surface area (Å²) in [5.41, 5.74) is 2.07. The Morgan fingerprint density at radius 1 is 1.00 bits per heavy atom. The Morgan fingerprint density at radius 2 is 1.71 bits per heavy atom. The largest absolute Gasteiger partial charge is 0.497 e. The first-order chi connectivity index (χ1) is 13.7. The fourth-order valence-corrected chi connectivity index (χ4v) is 2.60. The van der Waals surface area contributed by atoms with E-state index in [2.05, 4.69) is 15.7 Å². The minimum Gasteiger partial charge on any atom is -0.497 e. The van der Waals surface area contributed by atoms with E-state index in [-0.39, 0.29) is 6.03 Å². The van der Waals surface area contributed by atoms with Crippen LogP contribution in [-0.4, -0.2) is 42.6 Å². The maximum absolute atomic E-state index is 11.8. The van der Waals surface area contributed by atoms with Gasteiger partial charge in [-0.2, -0.15) is 5.10 Å². The van der Waals surface area contributed by atoms with E-state index >= 15 is 0 Å². The van der Waals surface area contributed by atoms with Crippen molar-refractivity contribution >= 4 is 6.03 Å². The number of carbonyl (C=O) groups excluding carboxylic acids is 1. The molecule has 0 saturated carbocycles. The molecule has 0 bridgehead atoms. The number of methoxy groups -OCH3 is 1. The fraction of sp³-hybridized carbons (Fsp3) is 0.238. The van der Waals surface area contributed by atoms with Gasteiger partial charge in [0.05, 0.1) is 25.5 Å². The van der Waals surface area contributed by atoms with E-state index in [0.717, 1.165) is 22.7 Å². The van der Waals surface area contributed by atoms with Crippen LogP contribution >= 0.6 is 0 Å². The summed E-state index contributed by atoms with van der Waals surface area (Å²) in [6, 6.07) is 17.0. The lowest BCUT2D eigenvalue weighted by Crippen LogP contribution is -2.38. The van der Waals surface area contributed by atoms with Crippen LogP contribution in [-0.2, 0) is 6.42 Å². The van der Waals surface area contributed by atoms with Crippen LogP contribution < -0.4 is 20.1 Å². The zero-order valence-electron chi connectivity index (χ0n) is 15.8. The summed E-state index contributed by atoms with van der Waals surface area (Å²) < 4.78 is 12.5. The predicted octanol–water partition coefficient (Wildman–Crippen LogP) is 2.80. The van der Waals surface area contributed by atoms with Crippen LogP contribution in [0.5, 0.6) is 11.5 Å². The smallest absolute Gasteiger partial charge is 0.314 e. The molecule has 3 rings (SSSR count). The van der Waals surface area contributed by atoms with Crippen LogP contribution in [0.4, 0.5) is 4.79 Å². The van der Waals surface area contributed by atoms with Crippen molar-refractivity contribution in [2.24, 2.45) is 0 Å². The van der Waals surface area contributed by atoms with Gasteiger partial charge in [0.2, 0.25) is 0 Å². The Balaban J connectivity index is 1.31. The van der Waals surface area contributed by atoms with Crippen LogP contribution in [0.15, 0.2) is 67.0 Å². The molecule has 0 aliphatic carbocycles. The summed E-state index contributed by atoms with van der Waals surface area (Å²) in [7, 11) is 1.62. The average molecular weight is 380 g/mol. The van der Waals surface area contributed by atoms with Crippen LogP contribution in [0.3, 0.4) is 0 Å². The molecule has 0 fully saturated rings. The number of aromatic nitrogens is 2. The highest BCUT2D eigenvalue weighted by Crippen LogP contribution is 2.16. The van der Waals surface area contributed by atoms with Crippen LogP contribution in [0, 0.1) is 0 Å². The van der Waals surface area contributed by atoms with Gasteiger partial charge in [0.1, 0.15) is 18.1 Å². The summed E-state index contributed by atoms with van der Waals surface area (Å²) in [5, 5.41) is 9.96. The number of nitrogens with one attached hydrogen (secondary N) is 2. The number of nitrogens with zero attached hydrogens (tertiary/aromatic N) is 2. The molecule has 0 aliphatic heterocycles. The zero-order chi connectivity index (χ0) is 19.6. The van der Waals surface area contributed by atoms with Crippen molar-refractivity contribution in [2.45, 2.75) is 6.42 Å². The molecule has 0 aliphatic rings. The number of amides is 2. The standard InChI is InChI=1S/C21H24N4O3/c1-27-19-7-9-20(10-8-19)28-14-13-23-21(26)22-12-11-17-15-24-25(16-17)18-5-3-2-4-6-18/h2-10,15-16H,11-14H2,1H3,(H2,22,23,26). The molecule has 0 saturated heterocycles. The summed E-state index contributed by atoms with van der Waals surface area (Å²) >= 11 is 0. The van der Waals surface area contributed by atoms with Crippen LogP contribution in [0.1, 0.15) is 5.56 Å². The highest BCUT2D eigenvalue weighted by atomic mass is 16.5. The van der Waals surface area contributed by atoms with Gasteiger partial charge < -0.3 is 20.1 Å². The van der Waals surface area contributed by atoms with E-state index in [1.807, 2.05) is 71.7 Å². The first-order valence-electron chi connectivity index (χ1n) is 9.12. The number of hydrogen-bond acceptors (Lipinski definition) is 4. The van der Waals surface area contributed by atoms with Crippen LogP contribution in [0.2, 0.25) is 0 Å². The van der Waals surface area contributed by atoms with Crippen molar-refractivity contribution in [2.75, 3.05) is 26.8 Å². The topological polar surface area (TPSA) is 77.4 Å². The predicted molar refractivity (Wildman–Crippen MR) is 107 cm³/mol. The lowest BCUT2D eigenvalue weighted by Gasteiger charge is -2.09. The van der Waals surface area contributed by atoms with Gasteiger partial charge in [0.15, 0.2) is 0 Å². The zero-order valence-corrected chi connectivity index (χ0v) is 15.8. The molecule has 2 amide bonds. The molecule has 3 aromatic rings. The van der Waals surface area contributed by atoms with Crippen molar-refractivity contribution in [3.8, 4) is 17.2 Å². The van der Waals surface area contributed by atoms with E-state index in [9.17, 15) is 4.79 Å². The van der Waals surface area contributed by atoms with Crippen molar-refractivity contribution in [3.63, 3.8) is 0 Å². The normalized spacial score (nSPS) is 10.3. The molecule has 2 aromatic carbocycles. The summed E-state index contributed by atoms with van der Waals surface area (Å²) in [4.78, 5) is 11.8. The monoisotopic (exact) mass is 380 g/mol. The molecule has 28 heavy (non-hydrogen) atoms.